The summed E-state index contributed by atoms with van der Waals surface area (Å²) in [5.74, 6) is 0. The molecule has 0 atom stereocenters. The van der Waals surface area contributed by atoms with Crippen molar-refractivity contribution in [2.24, 2.45) is 0 Å². The van der Waals surface area contributed by atoms with Crippen LogP contribution in [0.15, 0.2) is 0 Å². The number of rotatable bonds is 5. The Hall–Kier alpha value is 0.997. The van der Waals surface area contributed by atoms with E-state index in [4.69, 9.17) is 33.2 Å². The molecule has 0 aromatic carbocycles. The Kier molecular flexibility index (Phi) is 5.44. The Labute approximate surface area is 87.6 Å². The van der Waals surface area contributed by atoms with Gasteiger partial charge in [0.05, 0.1) is 6.26 Å². The summed E-state index contributed by atoms with van der Waals surface area (Å²) in [6.07, 6.45) is 1.66. The molecule has 0 rings (SSSR count). The molecular weight excluding hydrogens is 261 g/mol. The molecule has 1 N–H and O–H groups in total. The van der Waals surface area contributed by atoms with Crippen LogP contribution in [0.4, 0.5) is 0 Å². The summed E-state index contributed by atoms with van der Waals surface area (Å²) in [7, 11) is -3.11. The average molecular weight is 271 g/mol. The number of hydrogen-bond donors (Lipinski definition) is 1. The third kappa shape index (κ3) is 11.0. The Balaban J connectivity index is 3.48. The van der Waals surface area contributed by atoms with Crippen LogP contribution in [0, 0.1) is 0 Å². The van der Waals surface area contributed by atoms with Crippen molar-refractivity contribution < 1.29 is 8.42 Å². The van der Waals surface area contributed by atoms with Crippen LogP contribution in [0.25, 0.3) is 0 Å². The topological polar surface area (TPSA) is 46.2 Å². The normalized spacial score (nSPS) is 13.3. The molecule has 0 aliphatic rings. The van der Waals surface area contributed by atoms with Gasteiger partial charge < -0.3 is 0 Å². The molecule has 0 saturated heterocycles. The zero-order valence-electron chi connectivity index (χ0n) is 6.48. The highest BCUT2D eigenvalue weighted by atomic mass is 35.8. The van der Waals surface area contributed by atoms with E-state index < -0.39 is 16.0 Å². The van der Waals surface area contributed by atoms with Gasteiger partial charge in [-0.05, 0) is 12.5 Å². The predicted octanol–water partition coefficient (Wildman–Crippen LogP) is 1.58. The van der Waals surface area contributed by atoms with Gasteiger partial charge in [-0.15, -0.1) is 33.2 Å². The average Bonchev–Trinajstić information content (AvgIpc) is 1.76. The first-order valence-electron chi connectivity index (χ1n) is 3.22. The molecule has 0 spiro atoms. The van der Waals surface area contributed by atoms with Gasteiger partial charge in [0.2, 0.25) is 10.0 Å². The maximum atomic E-state index is 10.6. The molecule has 74 valence electrons. The highest BCUT2D eigenvalue weighted by Gasteiger charge is 2.23. The monoisotopic (exact) mass is 269 g/mol. The molecule has 12 heavy (non-hydrogen) atoms. The lowest BCUT2D eigenvalue weighted by Gasteiger charge is -2.06. The molecule has 8 heteroatoms. The van der Waals surface area contributed by atoms with Crippen molar-refractivity contribution in [2.75, 3.05) is 12.8 Å². The van der Waals surface area contributed by atoms with Crippen molar-refractivity contribution in [1.82, 2.24) is 4.72 Å². The molecule has 0 aromatic heterocycles. The number of halogens is 3. The van der Waals surface area contributed by atoms with Crippen molar-refractivity contribution in [3.8, 4) is 0 Å². The molecular formula is C4H10Cl3NO2SSi. The fourth-order valence-corrected chi connectivity index (χ4v) is 2.84. The first-order chi connectivity index (χ1) is 5.21. The Morgan fingerprint density at radius 3 is 2.17 bits per heavy atom. The zero-order valence-corrected chi connectivity index (χ0v) is 10.6. The quantitative estimate of drug-likeness (QED) is 0.468. The highest BCUT2D eigenvalue weighted by Crippen LogP contribution is 2.25. The summed E-state index contributed by atoms with van der Waals surface area (Å²) < 4.78 is 23.4. The maximum Gasteiger partial charge on any atom is 0.341 e. The lowest BCUT2D eigenvalue weighted by atomic mass is 10.5. The summed E-state index contributed by atoms with van der Waals surface area (Å²) in [5, 5.41) is 0. The van der Waals surface area contributed by atoms with Crippen molar-refractivity contribution in [1.29, 1.82) is 0 Å². The first kappa shape index (κ1) is 13.0. The second-order valence-corrected chi connectivity index (χ2v) is 13.5. The Morgan fingerprint density at radius 1 is 1.33 bits per heavy atom. The van der Waals surface area contributed by atoms with Gasteiger partial charge in [0, 0.05) is 6.54 Å². The smallest absolute Gasteiger partial charge is 0.215 e. The number of nitrogens with one attached hydrogen (secondary N) is 1. The minimum absolute atomic E-state index is 0.333. The Bertz CT molecular complexity index is 225. The molecule has 0 aliphatic carbocycles. The van der Waals surface area contributed by atoms with Crippen molar-refractivity contribution >= 4 is 49.3 Å². The third-order valence-electron chi connectivity index (χ3n) is 1.00. The largest absolute Gasteiger partial charge is 0.341 e. The SMILES string of the molecule is CS(=O)(=O)NCCC[Si](Cl)(Cl)Cl. The van der Waals surface area contributed by atoms with E-state index in [1.165, 1.54) is 0 Å². The first-order valence-corrected chi connectivity index (χ1v) is 10.4. The lowest BCUT2D eigenvalue weighted by molar-refractivity contribution is 0.587. The van der Waals surface area contributed by atoms with E-state index in [-0.39, 0.29) is 0 Å². The van der Waals surface area contributed by atoms with Crippen LogP contribution >= 0.6 is 33.2 Å². The fraction of sp³-hybridized carbons (Fsp3) is 1.00. The number of hydrogen-bond acceptors (Lipinski definition) is 2. The summed E-state index contributed by atoms with van der Waals surface area (Å²) in [5.41, 5.74) is 0. The van der Waals surface area contributed by atoms with Crippen LogP contribution in [0.3, 0.4) is 0 Å². The van der Waals surface area contributed by atoms with Gasteiger partial charge in [-0.2, -0.15) is 0 Å². The van der Waals surface area contributed by atoms with Gasteiger partial charge in [0.25, 0.3) is 0 Å². The van der Waals surface area contributed by atoms with Gasteiger partial charge in [-0.25, -0.2) is 13.1 Å². The second kappa shape index (κ2) is 5.02. The van der Waals surface area contributed by atoms with Crippen LogP contribution < -0.4 is 4.72 Å². The van der Waals surface area contributed by atoms with E-state index >= 15 is 0 Å². The van der Waals surface area contributed by atoms with E-state index in [2.05, 4.69) is 4.72 Å². The summed E-state index contributed by atoms with van der Waals surface area (Å²) in [6, 6.07) is -2.10. The fourth-order valence-electron chi connectivity index (χ4n) is 0.546. The molecule has 0 unspecified atom stereocenters. The van der Waals surface area contributed by atoms with Crippen molar-refractivity contribution in [3.05, 3.63) is 0 Å². The molecule has 0 amide bonds. The van der Waals surface area contributed by atoms with E-state index in [9.17, 15) is 8.42 Å². The number of sulfonamides is 1. The minimum Gasteiger partial charge on any atom is -0.215 e. The van der Waals surface area contributed by atoms with E-state index in [0.717, 1.165) is 6.26 Å². The molecule has 0 bridgehead atoms. The van der Waals surface area contributed by atoms with Gasteiger partial charge in [0.15, 0.2) is 0 Å². The molecule has 0 saturated carbocycles. The van der Waals surface area contributed by atoms with E-state index in [1.807, 2.05) is 0 Å². The van der Waals surface area contributed by atoms with Crippen molar-refractivity contribution in [3.63, 3.8) is 0 Å². The lowest BCUT2D eigenvalue weighted by Crippen LogP contribution is -2.24. The molecule has 0 fully saturated rings. The summed E-state index contributed by atoms with van der Waals surface area (Å²) >= 11 is 16.7. The third-order valence-corrected chi connectivity index (χ3v) is 4.35. The molecule has 0 radical (unpaired) electrons. The van der Waals surface area contributed by atoms with Gasteiger partial charge in [-0.1, -0.05) is 0 Å². The maximum absolute atomic E-state index is 10.6. The van der Waals surface area contributed by atoms with E-state index in [1.54, 1.807) is 0 Å². The highest BCUT2D eigenvalue weighted by molar-refractivity contribution is 7.88. The van der Waals surface area contributed by atoms with Crippen LogP contribution in [0.5, 0.6) is 0 Å². The molecule has 0 heterocycles. The predicted molar refractivity (Wildman–Crippen MR) is 55.6 cm³/mol. The minimum atomic E-state index is -3.11. The second-order valence-electron chi connectivity index (χ2n) is 2.39. The van der Waals surface area contributed by atoms with Gasteiger partial charge >= 0.3 is 6.00 Å². The van der Waals surface area contributed by atoms with Crippen LogP contribution in [-0.2, 0) is 10.0 Å². The van der Waals surface area contributed by atoms with Crippen LogP contribution in [-0.4, -0.2) is 27.2 Å². The molecule has 0 aromatic rings. The van der Waals surface area contributed by atoms with Crippen LogP contribution in [0.2, 0.25) is 6.04 Å². The summed E-state index contributed by atoms with van der Waals surface area (Å²) in [4.78, 5) is 0. The zero-order chi connectivity index (χ0) is 9.83. The molecule has 0 aliphatic heterocycles. The van der Waals surface area contributed by atoms with Gasteiger partial charge in [-0.3, -0.25) is 0 Å². The molecule has 3 nitrogen and oxygen atoms in total. The van der Waals surface area contributed by atoms with Crippen LogP contribution in [0.1, 0.15) is 6.42 Å². The van der Waals surface area contributed by atoms with E-state index in [0.29, 0.717) is 19.0 Å². The van der Waals surface area contributed by atoms with Crippen molar-refractivity contribution in [2.45, 2.75) is 12.5 Å². The summed E-state index contributed by atoms with van der Waals surface area (Å²) in [6.45, 7) is 0.333. The standard InChI is InChI=1S/C4H10Cl3NO2SSi/c1-11(9,10)8-3-2-4-12(5,6)7/h8H,2-4H2,1H3. The Morgan fingerprint density at radius 2 is 1.83 bits per heavy atom. The van der Waals surface area contributed by atoms with Gasteiger partial charge in [0.1, 0.15) is 0 Å².